The van der Waals surface area contributed by atoms with Gasteiger partial charge >= 0.3 is 0 Å². The Bertz CT molecular complexity index is 79.0. The molecule has 4 heteroatoms. The lowest BCUT2D eigenvalue weighted by Gasteiger charge is -2.21. The van der Waals surface area contributed by atoms with E-state index in [1.165, 1.54) is 0 Å². The summed E-state index contributed by atoms with van der Waals surface area (Å²) in [5.74, 6) is -2.38. The molecule has 0 bridgehead atoms. The Hall–Kier alpha value is 0.550. The second-order valence-corrected chi connectivity index (χ2v) is 2.11. The minimum atomic E-state index is -2.38. The zero-order chi connectivity index (χ0) is 6.04. The van der Waals surface area contributed by atoms with E-state index in [9.17, 15) is 8.78 Å². The van der Waals surface area contributed by atoms with E-state index in [-0.39, 0.29) is 36.8 Å². The van der Waals surface area contributed by atoms with Crippen molar-refractivity contribution in [1.82, 2.24) is 5.32 Å². The maximum Gasteiger partial charge on any atom is 0.250 e. The van der Waals surface area contributed by atoms with E-state index in [4.69, 9.17) is 0 Å². The Morgan fingerprint density at radius 2 is 1.56 bits per heavy atom. The van der Waals surface area contributed by atoms with Crippen molar-refractivity contribution in [2.45, 2.75) is 18.8 Å². The third-order valence-electron chi connectivity index (χ3n) is 1.34. The Kier molecular flexibility index (Phi) is 3.88. The first-order chi connectivity index (χ1) is 3.71. The molecule has 1 nitrogen and oxygen atoms in total. The van der Waals surface area contributed by atoms with Crippen molar-refractivity contribution in [2.75, 3.05) is 13.1 Å². The molecule has 0 amide bonds. The van der Waals surface area contributed by atoms with Gasteiger partial charge in [-0.2, -0.15) is 0 Å². The fraction of sp³-hybridized carbons (Fsp3) is 1.00. The highest BCUT2D eigenvalue weighted by molar-refractivity contribution is 14.0. The van der Waals surface area contributed by atoms with Crippen LogP contribution in [0.4, 0.5) is 8.78 Å². The molecule has 0 spiro atoms. The summed E-state index contributed by atoms with van der Waals surface area (Å²) < 4.78 is 24.3. The topological polar surface area (TPSA) is 12.0 Å². The first kappa shape index (κ1) is 9.55. The summed E-state index contributed by atoms with van der Waals surface area (Å²) in [6, 6.07) is 0. The van der Waals surface area contributed by atoms with Gasteiger partial charge in [0.2, 0.25) is 0 Å². The van der Waals surface area contributed by atoms with Gasteiger partial charge in [-0.05, 0) is 0 Å². The van der Waals surface area contributed by atoms with E-state index in [2.05, 4.69) is 5.32 Å². The third kappa shape index (κ3) is 3.30. The standard InChI is InChI=1S/C5H9F2N.HI/c6-5(7)1-3-8-4-2-5;/h8H,1-4H2;1H. The van der Waals surface area contributed by atoms with E-state index in [0.29, 0.717) is 13.1 Å². The van der Waals surface area contributed by atoms with Crippen molar-refractivity contribution in [3.8, 4) is 0 Å². The fourth-order valence-electron chi connectivity index (χ4n) is 0.793. The first-order valence-electron chi connectivity index (χ1n) is 2.79. The van der Waals surface area contributed by atoms with Crippen LogP contribution >= 0.6 is 24.0 Å². The molecule has 0 aromatic heterocycles. The number of hydrogen-bond donors (Lipinski definition) is 1. The SMILES string of the molecule is FC1(F)CCNCC1.I. The highest BCUT2D eigenvalue weighted by atomic mass is 127. The number of piperidine rings is 1. The maximum absolute atomic E-state index is 12.2. The second kappa shape index (κ2) is 3.65. The molecule has 1 heterocycles. The van der Waals surface area contributed by atoms with E-state index in [1.807, 2.05) is 0 Å². The van der Waals surface area contributed by atoms with Gasteiger partial charge in [-0.15, -0.1) is 24.0 Å². The van der Waals surface area contributed by atoms with Crippen LogP contribution in [-0.2, 0) is 0 Å². The van der Waals surface area contributed by atoms with Crippen LogP contribution in [0.2, 0.25) is 0 Å². The number of hydrogen-bond acceptors (Lipinski definition) is 1. The minimum absolute atomic E-state index is 0. The van der Waals surface area contributed by atoms with Crippen LogP contribution in [0.3, 0.4) is 0 Å². The molecular weight excluding hydrogens is 239 g/mol. The molecule has 1 saturated heterocycles. The molecule has 9 heavy (non-hydrogen) atoms. The van der Waals surface area contributed by atoms with Gasteiger partial charge in [-0.1, -0.05) is 0 Å². The molecule has 1 aliphatic rings. The van der Waals surface area contributed by atoms with Gasteiger partial charge in [0.15, 0.2) is 0 Å². The molecule has 0 atom stereocenters. The Morgan fingerprint density at radius 1 is 1.11 bits per heavy atom. The number of halogens is 3. The molecular formula is C5H10F2IN. The van der Waals surface area contributed by atoms with Crippen LogP contribution in [0.15, 0.2) is 0 Å². The lowest BCUT2D eigenvalue weighted by molar-refractivity contribution is -0.0274. The highest BCUT2D eigenvalue weighted by Crippen LogP contribution is 2.23. The minimum Gasteiger partial charge on any atom is -0.316 e. The Labute approximate surface area is 70.2 Å². The fourth-order valence-corrected chi connectivity index (χ4v) is 0.793. The summed E-state index contributed by atoms with van der Waals surface area (Å²) >= 11 is 0. The Balaban J connectivity index is 0.000000640. The van der Waals surface area contributed by atoms with Gasteiger partial charge < -0.3 is 5.32 Å². The smallest absolute Gasteiger partial charge is 0.250 e. The average Bonchev–Trinajstić information content (AvgIpc) is 1.65. The number of nitrogens with one attached hydrogen (secondary N) is 1. The zero-order valence-electron chi connectivity index (χ0n) is 4.99. The van der Waals surface area contributed by atoms with Gasteiger partial charge in [-0.25, -0.2) is 8.78 Å². The van der Waals surface area contributed by atoms with Crippen LogP contribution in [-0.4, -0.2) is 19.0 Å². The predicted molar refractivity (Wildman–Crippen MR) is 42.5 cm³/mol. The van der Waals surface area contributed by atoms with E-state index < -0.39 is 5.92 Å². The van der Waals surface area contributed by atoms with E-state index >= 15 is 0 Å². The van der Waals surface area contributed by atoms with Gasteiger partial charge in [0.1, 0.15) is 0 Å². The normalized spacial score (nSPS) is 24.7. The average molecular weight is 249 g/mol. The molecule has 0 saturated carbocycles. The van der Waals surface area contributed by atoms with Gasteiger partial charge in [0, 0.05) is 25.9 Å². The van der Waals surface area contributed by atoms with Crippen molar-refractivity contribution >= 4 is 24.0 Å². The maximum atomic E-state index is 12.2. The van der Waals surface area contributed by atoms with Crippen molar-refractivity contribution in [3.63, 3.8) is 0 Å². The van der Waals surface area contributed by atoms with Crippen LogP contribution in [0.1, 0.15) is 12.8 Å². The van der Waals surface area contributed by atoms with Crippen molar-refractivity contribution in [1.29, 1.82) is 0 Å². The summed E-state index contributed by atoms with van der Waals surface area (Å²) in [7, 11) is 0. The first-order valence-corrected chi connectivity index (χ1v) is 2.79. The number of alkyl halides is 2. The summed E-state index contributed by atoms with van der Waals surface area (Å²) in [4.78, 5) is 0. The highest BCUT2D eigenvalue weighted by Gasteiger charge is 2.30. The van der Waals surface area contributed by atoms with Crippen molar-refractivity contribution in [2.24, 2.45) is 0 Å². The second-order valence-electron chi connectivity index (χ2n) is 2.11. The predicted octanol–water partition coefficient (Wildman–Crippen LogP) is 1.62. The van der Waals surface area contributed by atoms with Crippen LogP contribution in [0, 0.1) is 0 Å². The van der Waals surface area contributed by atoms with Gasteiger partial charge in [0.25, 0.3) is 5.92 Å². The number of rotatable bonds is 0. The van der Waals surface area contributed by atoms with Crippen LogP contribution in [0.5, 0.6) is 0 Å². The summed E-state index contributed by atoms with van der Waals surface area (Å²) in [5, 5.41) is 2.86. The third-order valence-corrected chi connectivity index (χ3v) is 1.34. The van der Waals surface area contributed by atoms with Crippen LogP contribution < -0.4 is 5.32 Å². The molecule has 1 aliphatic heterocycles. The summed E-state index contributed by atoms with van der Waals surface area (Å²) in [6.07, 6.45) is 0.0139. The lowest BCUT2D eigenvalue weighted by Crippen LogP contribution is -2.35. The molecule has 0 unspecified atom stereocenters. The quantitative estimate of drug-likeness (QED) is 0.643. The lowest BCUT2D eigenvalue weighted by atomic mass is 10.1. The molecule has 56 valence electrons. The van der Waals surface area contributed by atoms with Crippen molar-refractivity contribution < 1.29 is 8.78 Å². The van der Waals surface area contributed by atoms with Crippen LogP contribution in [0.25, 0.3) is 0 Å². The molecule has 1 fully saturated rings. The van der Waals surface area contributed by atoms with Gasteiger partial charge in [0.05, 0.1) is 0 Å². The molecule has 0 radical (unpaired) electrons. The summed E-state index contributed by atoms with van der Waals surface area (Å²) in [6.45, 7) is 0.931. The summed E-state index contributed by atoms with van der Waals surface area (Å²) in [5.41, 5.74) is 0. The largest absolute Gasteiger partial charge is 0.316 e. The van der Waals surface area contributed by atoms with E-state index in [0.717, 1.165) is 0 Å². The molecule has 0 aromatic rings. The van der Waals surface area contributed by atoms with E-state index in [1.54, 1.807) is 0 Å². The molecule has 1 N–H and O–H groups in total. The van der Waals surface area contributed by atoms with Gasteiger partial charge in [-0.3, -0.25) is 0 Å². The monoisotopic (exact) mass is 249 g/mol. The Morgan fingerprint density at radius 3 is 1.78 bits per heavy atom. The molecule has 0 aliphatic carbocycles. The van der Waals surface area contributed by atoms with Crippen molar-refractivity contribution in [3.05, 3.63) is 0 Å². The molecule has 1 rings (SSSR count). The zero-order valence-corrected chi connectivity index (χ0v) is 7.32. The molecule has 0 aromatic carbocycles.